The Morgan fingerprint density at radius 2 is 2.00 bits per heavy atom. The molecule has 3 rings (SSSR count). The quantitative estimate of drug-likeness (QED) is 0.591. The lowest BCUT2D eigenvalue weighted by atomic mass is 10.2. The number of likely N-dealkylation sites (N-methyl/N-ethyl adjacent to an activating group) is 1. The summed E-state index contributed by atoms with van der Waals surface area (Å²) < 4.78 is 11.0. The van der Waals surface area contributed by atoms with E-state index in [1.807, 2.05) is 26.0 Å². The lowest BCUT2D eigenvalue weighted by Crippen LogP contribution is -3.12. The van der Waals surface area contributed by atoms with Crippen LogP contribution in [0, 0.1) is 0 Å². The Kier molecular flexibility index (Phi) is 6.85. The van der Waals surface area contributed by atoms with Crippen LogP contribution < -0.4 is 15.0 Å². The van der Waals surface area contributed by atoms with E-state index < -0.39 is 0 Å². The molecule has 2 N–H and O–H groups in total. The number of aromatic nitrogens is 2. The number of rotatable bonds is 8. The Morgan fingerprint density at radius 1 is 1.24 bits per heavy atom. The number of carbonyl (C=O) groups is 1. The number of carbonyl (C=O) groups excluding carboxylic acids is 1. The van der Waals surface area contributed by atoms with E-state index in [9.17, 15) is 4.79 Å². The molecule has 0 aliphatic carbocycles. The predicted molar refractivity (Wildman–Crippen MR) is 111 cm³/mol. The van der Waals surface area contributed by atoms with E-state index in [0.29, 0.717) is 16.8 Å². The molecule has 3 aromatic rings. The van der Waals surface area contributed by atoms with E-state index in [1.165, 1.54) is 0 Å². The number of methoxy groups -OCH3 is 1. The molecule has 0 saturated heterocycles. The monoisotopic (exact) mass is 415 g/mol. The van der Waals surface area contributed by atoms with Gasteiger partial charge in [0.25, 0.3) is 11.8 Å². The summed E-state index contributed by atoms with van der Waals surface area (Å²) in [5.41, 5.74) is 1.48. The Morgan fingerprint density at radius 3 is 2.66 bits per heavy atom. The van der Waals surface area contributed by atoms with Crippen molar-refractivity contribution in [2.24, 2.45) is 0 Å². The number of ether oxygens (including phenoxy) is 1. The first-order chi connectivity index (χ1) is 14.0. The maximum absolute atomic E-state index is 12.5. The third kappa shape index (κ3) is 5.34. The molecule has 2 atom stereocenters. The summed E-state index contributed by atoms with van der Waals surface area (Å²) in [4.78, 5) is 13.5. The maximum atomic E-state index is 12.5. The summed E-state index contributed by atoms with van der Waals surface area (Å²) in [5.74, 6) is 1.54. The van der Waals surface area contributed by atoms with Gasteiger partial charge in [0, 0.05) is 16.3 Å². The maximum Gasteiger partial charge on any atom is 0.279 e. The minimum absolute atomic E-state index is 0.0894. The van der Waals surface area contributed by atoms with Crippen molar-refractivity contribution in [2.75, 3.05) is 25.5 Å². The molecule has 0 spiro atoms. The van der Waals surface area contributed by atoms with Crippen molar-refractivity contribution in [1.29, 1.82) is 0 Å². The molecular weight excluding hydrogens is 392 g/mol. The Balaban J connectivity index is 1.65. The molecule has 0 fully saturated rings. The molecule has 2 aromatic carbocycles. The van der Waals surface area contributed by atoms with Crippen LogP contribution in [0.15, 0.2) is 52.9 Å². The van der Waals surface area contributed by atoms with Crippen LogP contribution >= 0.6 is 11.6 Å². The van der Waals surface area contributed by atoms with E-state index in [1.54, 1.807) is 43.5 Å². The van der Waals surface area contributed by atoms with Gasteiger partial charge >= 0.3 is 0 Å². The molecule has 0 radical (unpaired) electrons. The van der Waals surface area contributed by atoms with Crippen LogP contribution in [-0.4, -0.2) is 36.3 Å². The highest BCUT2D eigenvalue weighted by molar-refractivity contribution is 6.30. The van der Waals surface area contributed by atoms with Crippen LogP contribution in [-0.2, 0) is 4.79 Å². The van der Waals surface area contributed by atoms with Crippen molar-refractivity contribution in [3.8, 4) is 17.2 Å². The summed E-state index contributed by atoms with van der Waals surface area (Å²) in [6.45, 7) is 4.99. The van der Waals surface area contributed by atoms with Gasteiger partial charge in [-0.3, -0.25) is 4.79 Å². The number of quaternary nitrogens is 1. The molecule has 0 aliphatic heterocycles. The smallest absolute Gasteiger partial charge is 0.279 e. The van der Waals surface area contributed by atoms with E-state index >= 15 is 0 Å². The van der Waals surface area contributed by atoms with Gasteiger partial charge in [0.1, 0.15) is 5.75 Å². The number of hydrogen-bond donors (Lipinski definition) is 2. The number of hydrogen-bond acceptors (Lipinski definition) is 5. The summed E-state index contributed by atoms with van der Waals surface area (Å²) >= 11 is 6.03. The number of amides is 1. The lowest BCUT2D eigenvalue weighted by molar-refractivity contribution is -0.921. The second-order valence-electron chi connectivity index (χ2n) is 6.64. The van der Waals surface area contributed by atoms with Crippen LogP contribution in [0.3, 0.4) is 0 Å². The Bertz CT molecular complexity index is 959. The molecule has 7 nitrogen and oxygen atoms in total. The van der Waals surface area contributed by atoms with Gasteiger partial charge in [0.15, 0.2) is 12.6 Å². The van der Waals surface area contributed by atoms with Crippen LogP contribution in [0.5, 0.6) is 5.75 Å². The SMILES string of the molecule is CC[NH+](CC(=O)Nc1ccc(OC)cc1)[C@@H](C)c1nnc(-c2cccc(Cl)c2)o1. The average molecular weight is 416 g/mol. The van der Waals surface area contributed by atoms with Crippen LogP contribution in [0.1, 0.15) is 25.8 Å². The van der Waals surface area contributed by atoms with Gasteiger partial charge in [-0.25, -0.2) is 0 Å². The second kappa shape index (κ2) is 9.54. The third-order valence-corrected chi connectivity index (χ3v) is 4.95. The molecule has 0 aliphatic rings. The first kappa shape index (κ1) is 20.8. The van der Waals surface area contributed by atoms with Gasteiger partial charge in [-0.1, -0.05) is 17.7 Å². The standard InChI is InChI=1S/C21H23ClN4O3/c1-4-26(13-19(27)23-17-8-10-18(28-3)11-9-17)14(2)20-24-25-21(29-20)15-6-5-7-16(22)12-15/h5-12,14H,4,13H2,1-3H3,(H,23,27)/p+1/t14-/m0/s1. The molecule has 29 heavy (non-hydrogen) atoms. The molecule has 152 valence electrons. The molecule has 1 unspecified atom stereocenters. The third-order valence-electron chi connectivity index (χ3n) is 4.71. The first-order valence-corrected chi connectivity index (χ1v) is 9.75. The fraction of sp³-hybridized carbons (Fsp3) is 0.286. The molecule has 8 heteroatoms. The van der Waals surface area contributed by atoms with Gasteiger partial charge in [-0.2, -0.15) is 0 Å². The Hall–Kier alpha value is -2.90. The van der Waals surface area contributed by atoms with Gasteiger partial charge in [0.2, 0.25) is 5.89 Å². The zero-order chi connectivity index (χ0) is 20.8. The molecule has 0 saturated carbocycles. The van der Waals surface area contributed by atoms with Crippen LogP contribution in [0.4, 0.5) is 5.69 Å². The fourth-order valence-electron chi connectivity index (χ4n) is 2.99. The number of nitrogens with one attached hydrogen (secondary N) is 2. The van der Waals surface area contributed by atoms with Gasteiger partial charge in [0.05, 0.1) is 13.7 Å². The van der Waals surface area contributed by atoms with E-state index in [4.69, 9.17) is 20.8 Å². The summed E-state index contributed by atoms with van der Waals surface area (Å²) in [5, 5.41) is 11.8. The van der Waals surface area contributed by atoms with Crippen LogP contribution in [0.25, 0.3) is 11.5 Å². The minimum Gasteiger partial charge on any atom is -0.497 e. The molecule has 0 bridgehead atoms. The zero-order valence-electron chi connectivity index (χ0n) is 16.6. The van der Waals surface area contributed by atoms with E-state index in [0.717, 1.165) is 28.4 Å². The fourth-order valence-corrected chi connectivity index (χ4v) is 3.18. The summed E-state index contributed by atoms with van der Waals surface area (Å²) in [6, 6.07) is 14.3. The number of nitrogens with zero attached hydrogens (tertiary/aromatic N) is 2. The topological polar surface area (TPSA) is 81.7 Å². The van der Waals surface area contributed by atoms with Gasteiger partial charge in [-0.05, 0) is 56.3 Å². The highest BCUT2D eigenvalue weighted by Crippen LogP contribution is 2.22. The lowest BCUT2D eigenvalue weighted by Gasteiger charge is -2.21. The highest BCUT2D eigenvalue weighted by Gasteiger charge is 2.26. The van der Waals surface area contributed by atoms with Crippen molar-refractivity contribution in [3.63, 3.8) is 0 Å². The van der Waals surface area contributed by atoms with Crippen molar-refractivity contribution in [1.82, 2.24) is 10.2 Å². The van der Waals surface area contributed by atoms with Gasteiger partial charge < -0.3 is 19.4 Å². The molecule has 1 aromatic heterocycles. The number of anilines is 1. The minimum atomic E-state index is -0.137. The summed E-state index contributed by atoms with van der Waals surface area (Å²) in [7, 11) is 1.60. The van der Waals surface area contributed by atoms with Crippen molar-refractivity contribution >= 4 is 23.2 Å². The van der Waals surface area contributed by atoms with E-state index in [-0.39, 0.29) is 18.5 Å². The molecule has 1 heterocycles. The van der Waals surface area contributed by atoms with Crippen molar-refractivity contribution < 1.29 is 18.8 Å². The normalized spacial score (nSPS) is 13.0. The molecular formula is C21H24ClN4O3+. The zero-order valence-corrected chi connectivity index (χ0v) is 17.4. The Labute approximate surface area is 174 Å². The van der Waals surface area contributed by atoms with Crippen molar-refractivity contribution in [2.45, 2.75) is 19.9 Å². The first-order valence-electron chi connectivity index (χ1n) is 9.38. The summed E-state index contributed by atoms with van der Waals surface area (Å²) in [6.07, 6.45) is 0. The average Bonchev–Trinajstić information content (AvgIpc) is 3.22. The second-order valence-corrected chi connectivity index (χ2v) is 7.08. The molecule has 1 amide bonds. The number of halogens is 1. The largest absolute Gasteiger partial charge is 0.497 e. The number of benzene rings is 2. The van der Waals surface area contributed by atoms with E-state index in [2.05, 4.69) is 15.5 Å². The van der Waals surface area contributed by atoms with Crippen LogP contribution in [0.2, 0.25) is 5.02 Å². The predicted octanol–water partition coefficient (Wildman–Crippen LogP) is 3.00. The highest BCUT2D eigenvalue weighted by atomic mass is 35.5. The van der Waals surface area contributed by atoms with Gasteiger partial charge in [-0.15, -0.1) is 10.2 Å². The van der Waals surface area contributed by atoms with Crippen molar-refractivity contribution in [3.05, 3.63) is 59.4 Å².